The molecule has 0 spiro atoms. The van der Waals surface area contributed by atoms with Gasteiger partial charge in [-0.1, -0.05) is 119 Å². The summed E-state index contributed by atoms with van der Waals surface area (Å²) >= 11 is 9.66. The van der Waals surface area contributed by atoms with E-state index in [-0.39, 0.29) is 23.9 Å². The Morgan fingerprint density at radius 2 is 0.696 bits per heavy atom. The van der Waals surface area contributed by atoms with Crippen molar-refractivity contribution < 1.29 is 0 Å². The summed E-state index contributed by atoms with van der Waals surface area (Å²) in [7, 11) is 0. The molecule has 0 aliphatic heterocycles. The van der Waals surface area contributed by atoms with E-state index in [1.54, 1.807) is 13.8 Å². The monoisotopic (exact) mass is 468 g/mol. The molecule has 0 rings (SSSR count). The van der Waals surface area contributed by atoms with Crippen LogP contribution in [0.3, 0.4) is 0 Å². The van der Waals surface area contributed by atoms with Crippen molar-refractivity contribution in [2.45, 2.75) is 105 Å². The van der Waals surface area contributed by atoms with Crippen LogP contribution in [-0.4, -0.2) is 35.4 Å². The minimum Gasteiger partial charge on any atom is -0.793 e. The molecule has 0 aromatic carbocycles. The Morgan fingerprint density at radius 3 is 0.913 bits per heavy atom. The van der Waals surface area contributed by atoms with Crippen LogP contribution in [0.4, 0.5) is 0 Å². The molecule has 0 heterocycles. The smallest absolute Gasteiger partial charge is 0.793 e. The number of unbranched alkanes of at least 4 members (excludes halogenated alkanes) is 10. The second-order valence-electron chi connectivity index (χ2n) is 4.94. The largest absolute Gasteiger partial charge is 2.00 e. The molecule has 0 aliphatic rings. The van der Waals surface area contributed by atoms with Crippen molar-refractivity contribution in [1.82, 2.24) is 0 Å². The second-order valence-corrected chi connectivity index (χ2v) is 5.76. The van der Waals surface area contributed by atoms with E-state index in [1.807, 2.05) is 0 Å². The Hall–Kier alpha value is 1.50. The first-order valence-electron chi connectivity index (χ1n) is 9.41. The third-order valence-electron chi connectivity index (χ3n) is 3.00. The van der Waals surface area contributed by atoms with Crippen molar-refractivity contribution >= 4 is 49.2 Å². The molecule has 0 N–H and O–H groups in total. The van der Waals surface area contributed by atoms with E-state index < -0.39 is 0 Å². The Labute approximate surface area is 178 Å². The number of hydrogen-bond donors (Lipinski definition) is 0. The molecule has 0 aromatic rings. The standard InChI is InChI=1S/2C8H18S.2C2H5.Sn/c2*1-2-3-4-5-6-7-8-9;2*1-2;/h2*9H,2-8H2,1H3;2*1H2,2H3;/q;;;;+2/p-2. The van der Waals surface area contributed by atoms with E-state index in [4.69, 9.17) is 25.3 Å². The van der Waals surface area contributed by atoms with Gasteiger partial charge in [0.05, 0.1) is 0 Å². The van der Waals surface area contributed by atoms with Gasteiger partial charge in [0, 0.05) is 0 Å². The molecule has 0 atom stereocenters. The van der Waals surface area contributed by atoms with E-state index in [2.05, 4.69) is 27.7 Å². The third-order valence-corrected chi connectivity index (χ3v) is 3.57. The Bertz CT molecular complexity index is 96.2. The van der Waals surface area contributed by atoms with Crippen LogP contribution in [0, 0.1) is 13.8 Å². The van der Waals surface area contributed by atoms with E-state index in [0.717, 1.165) is 11.5 Å². The third kappa shape index (κ3) is 59.6. The van der Waals surface area contributed by atoms with Gasteiger partial charge >= 0.3 is 23.9 Å². The van der Waals surface area contributed by atoms with Gasteiger partial charge in [-0.05, 0) is 0 Å². The second kappa shape index (κ2) is 49.5. The molecule has 0 aromatic heterocycles. The van der Waals surface area contributed by atoms with Crippen molar-refractivity contribution in [3.63, 3.8) is 0 Å². The van der Waals surface area contributed by atoms with Crippen LogP contribution in [0.25, 0.3) is 0 Å². The van der Waals surface area contributed by atoms with Gasteiger partial charge in [0.15, 0.2) is 0 Å². The minimum absolute atomic E-state index is 0. The zero-order valence-electron chi connectivity index (χ0n) is 16.6. The van der Waals surface area contributed by atoms with Crippen LogP contribution in [0.1, 0.15) is 105 Å². The van der Waals surface area contributed by atoms with Crippen molar-refractivity contribution in [3.8, 4) is 0 Å². The van der Waals surface area contributed by atoms with E-state index in [0.29, 0.717) is 0 Å². The maximum absolute atomic E-state index is 4.83. The molecule has 0 unspecified atom stereocenters. The molecule has 0 aliphatic carbocycles. The minimum atomic E-state index is 0. The molecule has 0 saturated carbocycles. The summed E-state index contributed by atoms with van der Waals surface area (Å²) in [6.45, 7) is 14.5. The molecule has 0 fully saturated rings. The first-order valence-corrected chi connectivity index (χ1v) is 10.6. The molecular weight excluding hydrogens is 423 g/mol. The van der Waals surface area contributed by atoms with E-state index in [9.17, 15) is 0 Å². The Kier molecular flexibility index (Phi) is 76.6. The summed E-state index contributed by atoms with van der Waals surface area (Å²) in [4.78, 5) is 0. The van der Waals surface area contributed by atoms with Gasteiger partial charge < -0.3 is 25.3 Å². The van der Waals surface area contributed by atoms with Crippen LogP contribution in [0.5, 0.6) is 0 Å². The Balaban J connectivity index is -0.0000000743. The summed E-state index contributed by atoms with van der Waals surface area (Å²) in [6.07, 6.45) is 16.3. The zero-order valence-corrected chi connectivity index (χ0v) is 21.1. The van der Waals surface area contributed by atoms with E-state index in [1.165, 1.54) is 77.0 Å². The van der Waals surface area contributed by atoms with Gasteiger partial charge in [-0.3, -0.25) is 0 Å². The fourth-order valence-electron chi connectivity index (χ4n) is 1.76. The maximum atomic E-state index is 4.83. The SMILES string of the molecule is CCCCCCCC[S-].CCCCCCCC[S-].[CH2]C.[CH2]C.[Sn+2]. The summed E-state index contributed by atoms with van der Waals surface area (Å²) in [5, 5.41) is 0. The molecule has 0 nitrogen and oxygen atoms in total. The van der Waals surface area contributed by atoms with Crippen LogP contribution in [0.2, 0.25) is 0 Å². The van der Waals surface area contributed by atoms with Gasteiger partial charge in [0.25, 0.3) is 0 Å². The summed E-state index contributed by atoms with van der Waals surface area (Å²) in [6, 6.07) is 0. The Morgan fingerprint density at radius 1 is 0.478 bits per heavy atom. The van der Waals surface area contributed by atoms with Gasteiger partial charge in [0.2, 0.25) is 0 Å². The van der Waals surface area contributed by atoms with Crippen LogP contribution < -0.4 is 0 Å². The van der Waals surface area contributed by atoms with E-state index >= 15 is 0 Å². The zero-order chi connectivity index (χ0) is 17.9. The topological polar surface area (TPSA) is 0 Å². The van der Waals surface area contributed by atoms with Gasteiger partial charge in [0.1, 0.15) is 0 Å². The molecule has 0 saturated heterocycles. The fraction of sp³-hybridized carbons (Fsp3) is 0.900. The predicted molar refractivity (Wildman–Crippen MR) is 119 cm³/mol. The normalized spacial score (nSPS) is 8.35. The molecule has 23 heavy (non-hydrogen) atoms. The van der Waals surface area contributed by atoms with Crippen LogP contribution in [0.15, 0.2) is 0 Å². The molecule has 140 valence electrons. The molecule has 3 heteroatoms. The average Bonchev–Trinajstić information content (AvgIpc) is 2.59. The molecule has 4 radical (unpaired) electrons. The quantitative estimate of drug-likeness (QED) is 0.171. The van der Waals surface area contributed by atoms with Gasteiger partial charge in [-0.15, -0.1) is 0 Å². The average molecular weight is 467 g/mol. The predicted octanol–water partition coefficient (Wildman–Crippen LogP) is 7.09. The van der Waals surface area contributed by atoms with Crippen LogP contribution in [-0.2, 0) is 25.3 Å². The number of rotatable bonds is 12. The molecule has 0 amide bonds. The first-order chi connectivity index (χ1) is 10.8. The van der Waals surface area contributed by atoms with Gasteiger partial charge in [-0.2, -0.15) is 11.5 Å². The molecular formula is C20H44S2Sn. The van der Waals surface area contributed by atoms with Crippen molar-refractivity contribution in [1.29, 1.82) is 0 Å². The fourth-order valence-corrected chi connectivity index (χ4v) is 2.17. The summed E-state index contributed by atoms with van der Waals surface area (Å²) < 4.78 is 0. The van der Waals surface area contributed by atoms with Crippen LogP contribution >= 0.6 is 0 Å². The molecule has 0 bridgehead atoms. The van der Waals surface area contributed by atoms with Crippen molar-refractivity contribution in [2.24, 2.45) is 0 Å². The number of hydrogen-bond acceptors (Lipinski definition) is 2. The summed E-state index contributed by atoms with van der Waals surface area (Å²) in [5.41, 5.74) is 0. The van der Waals surface area contributed by atoms with Crippen molar-refractivity contribution in [3.05, 3.63) is 13.8 Å². The van der Waals surface area contributed by atoms with Gasteiger partial charge in [-0.25, -0.2) is 0 Å². The summed E-state index contributed by atoms with van der Waals surface area (Å²) in [5.74, 6) is 1.90. The first kappa shape index (κ1) is 35.6. The van der Waals surface area contributed by atoms with Crippen molar-refractivity contribution in [2.75, 3.05) is 11.5 Å². The maximum Gasteiger partial charge on any atom is 2.00 e.